The van der Waals surface area contributed by atoms with Gasteiger partial charge in [-0.05, 0) is 24.3 Å². The standard InChI is InChI=1S/C18H17N5O11/c24-11(25)5-22(6-12(26)27)16-19-17(23(7-13(28)29)8-14(30)31)21-18(20-16)34-10-3-1-9(2-4-10)15(32)33/h1-4H,5-8H2,(H,24,25)(H,26,27)(H,28,29)(H,30,31)(H,32,33). The summed E-state index contributed by atoms with van der Waals surface area (Å²) in [5.41, 5.74) is -0.0624. The molecule has 0 aliphatic rings. The lowest BCUT2D eigenvalue weighted by molar-refractivity contribution is -0.138. The third-order valence-corrected chi connectivity index (χ3v) is 3.77. The first-order valence-electron chi connectivity index (χ1n) is 9.09. The Kier molecular flexibility index (Phi) is 8.19. The molecule has 180 valence electrons. The summed E-state index contributed by atoms with van der Waals surface area (Å²) in [6, 6.07) is 4.31. The zero-order valence-electron chi connectivity index (χ0n) is 17.1. The minimum atomic E-state index is -1.44. The molecule has 16 nitrogen and oxygen atoms in total. The van der Waals surface area contributed by atoms with E-state index in [-0.39, 0.29) is 11.3 Å². The SMILES string of the molecule is O=C(O)CN(CC(=O)O)c1nc(Oc2ccc(C(=O)O)cc2)nc(N(CC(=O)O)CC(=O)O)n1. The fourth-order valence-electron chi connectivity index (χ4n) is 2.48. The van der Waals surface area contributed by atoms with Gasteiger partial charge in [-0.25, -0.2) is 4.79 Å². The van der Waals surface area contributed by atoms with Crippen molar-refractivity contribution in [3.8, 4) is 11.8 Å². The molecule has 0 amide bonds. The maximum atomic E-state index is 11.2. The zero-order chi connectivity index (χ0) is 25.4. The summed E-state index contributed by atoms with van der Waals surface area (Å²) in [4.78, 5) is 68.7. The van der Waals surface area contributed by atoms with Crippen molar-refractivity contribution < 1.29 is 54.2 Å². The molecule has 0 saturated carbocycles. The second-order valence-electron chi connectivity index (χ2n) is 6.44. The van der Waals surface area contributed by atoms with Crippen LogP contribution in [-0.2, 0) is 19.2 Å². The van der Waals surface area contributed by atoms with Crippen LogP contribution >= 0.6 is 0 Å². The number of ether oxygens (including phenoxy) is 1. The lowest BCUT2D eigenvalue weighted by Gasteiger charge is -2.22. The van der Waals surface area contributed by atoms with E-state index in [9.17, 15) is 24.0 Å². The topological polar surface area (TPSA) is 241 Å². The molecule has 5 N–H and O–H groups in total. The molecule has 0 saturated heterocycles. The molecule has 1 heterocycles. The summed E-state index contributed by atoms with van der Waals surface area (Å²) in [7, 11) is 0. The van der Waals surface area contributed by atoms with E-state index < -0.39 is 73.9 Å². The van der Waals surface area contributed by atoms with E-state index in [0.29, 0.717) is 9.80 Å². The maximum Gasteiger partial charge on any atom is 0.335 e. The number of carboxylic acid groups (broad SMARTS) is 5. The molecule has 16 heteroatoms. The van der Waals surface area contributed by atoms with Crippen molar-refractivity contribution in [2.45, 2.75) is 0 Å². The molecule has 0 aliphatic heterocycles. The van der Waals surface area contributed by atoms with Gasteiger partial charge >= 0.3 is 35.9 Å². The zero-order valence-corrected chi connectivity index (χ0v) is 17.1. The number of rotatable bonds is 13. The van der Waals surface area contributed by atoms with Crippen molar-refractivity contribution in [2.75, 3.05) is 36.0 Å². The van der Waals surface area contributed by atoms with Crippen molar-refractivity contribution in [2.24, 2.45) is 0 Å². The third-order valence-electron chi connectivity index (χ3n) is 3.77. The number of aromatic nitrogens is 3. The van der Waals surface area contributed by atoms with Crippen LogP contribution in [0.15, 0.2) is 24.3 Å². The van der Waals surface area contributed by atoms with Gasteiger partial charge in [-0.2, -0.15) is 15.0 Å². The van der Waals surface area contributed by atoms with Gasteiger partial charge in [-0.3, -0.25) is 19.2 Å². The number of nitrogens with zero attached hydrogens (tertiary/aromatic N) is 5. The smallest absolute Gasteiger partial charge is 0.335 e. The Bertz CT molecular complexity index is 1020. The fraction of sp³-hybridized carbons (Fsp3) is 0.222. The first kappa shape index (κ1) is 25.2. The Balaban J connectivity index is 2.56. The van der Waals surface area contributed by atoms with Crippen molar-refractivity contribution >= 4 is 41.7 Å². The van der Waals surface area contributed by atoms with Crippen LogP contribution in [0.25, 0.3) is 0 Å². The molecule has 0 spiro atoms. The number of hydrogen-bond donors (Lipinski definition) is 5. The van der Waals surface area contributed by atoms with Crippen molar-refractivity contribution in [1.29, 1.82) is 0 Å². The molecule has 1 aromatic carbocycles. The van der Waals surface area contributed by atoms with Crippen LogP contribution in [0.1, 0.15) is 10.4 Å². The van der Waals surface area contributed by atoms with Crippen LogP contribution in [-0.4, -0.2) is 96.5 Å². The monoisotopic (exact) mass is 479 g/mol. The Morgan fingerprint density at radius 3 is 1.35 bits per heavy atom. The molecule has 0 unspecified atom stereocenters. The van der Waals surface area contributed by atoms with Crippen LogP contribution in [0, 0.1) is 0 Å². The van der Waals surface area contributed by atoms with Gasteiger partial charge in [0.15, 0.2) is 0 Å². The lowest BCUT2D eigenvalue weighted by atomic mass is 10.2. The molecule has 1 aromatic heterocycles. The highest BCUT2D eigenvalue weighted by Crippen LogP contribution is 2.23. The first-order chi connectivity index (χ1) is 15.9. The second kappa shape index (κ2) is 11.0. The number of aromatic carboxylic acids is 1. The number of benzene rings is 1. The van der Waals surface area contributed by atoms with E-state index in [1.165, 1.54) is 24.3 Å². The molecule has 2 aromatic rings. The summed E-state index contributed by atoms with van der Waals surface area (Å²) in [5, 5.41) is 45.4. The molecule has 0 atom stereocenters. The molecule has 34 heavy (non-hydrogen) atoms. The Hall–Kier alpha value is -5.02. The highest BCUT2D eigenvalue weighted by atomic mass is 16.5. The van der Waals surface area contributed by atoms with Gasteiger partial charge in [0.25, 0.3) is 0 Å². The number of hydrogen-bond acceptors (Lipinski definition) is 11. The summed E-state index contributed by atoms with van der Waals surface area (Å²) in [6.07, 6.45) is 0. The van der Waals surface area contributed by atoms with E-state index >= 15 is 0 Å². The summed E-state index contributed by atoms with van der Waals surface area (Å²) in [6.45, 7) is -3.50. The molecule has 0 bridgehead atoms. The van der Waals surface area contributed by atoms with Crippen LogP contribution < -0.4 is 14.5 Å². The van der Waals surface area contributed by atoms with E-state index in [4.69, 9.17) is 30.3 Å². The maximum absolute atomic E-state index is 11.2. The lowest BCUT2D eigenvalue weighted by Crippen LogP contribution is -2.38. The third kappa shape index (κ3) is 7.59. The van der Waals surface area contributed by atoms with Crippen molar-refractivity contribution in [1.82, 2.24) is 15.0 Å². The predicted molar refractivity (Wildman–Crippen MR) is 108 cm³/mol. The molecule has 0 radical (unpaired) electrons. The van der Waals surface area contributed by atoms with Gasteiger partial charge in [0, 0.05) is 0 Å². The Labute approximate surface area is 189 Å². The van der Waals surface area contributed by atoms with Crippen LogP contribution in [0.3, 0.4) is 0 Å². The van der Waals surface area contributed by atoms with Crippen LogP contribution in [0.5, 0.6) is 11.8 Å². The van der Waals surface area contributed by atoms with Gasteiger partial charge in [0.05, 0.1) is 5.56 Å². The minimum Gasteiger partial charge on any atom is -0.480 e. The number of carboxylic acids is 5. The van der Waals surface area contributed by atoms with Gasteiger partial charge in [0.1, 0.15) is 31.9 Å². The highest BCUT2D eigenvalue weighted by molar-refractivity contribution is 5.87. The summed E-state index contributed by atoms with van der Waals surface area (Å²) < 4.78 is 5.42. The van der Waals surface area contributed by atoms with Gasteiger partial charge in [-0.15, -0.1) is 0 Å². The summed E-state index contributed by atoms with van der Waals surface area (Å²) in [5.74, 6) is -8.05. The molecular formula is C18H17N5O11. The number of carbonyl (C=O) groups is 5. The average Bonchev–Trinajstić information content (AvgIpc) is 2.71. The Morgan fingerprint density at radius 2 is 1.03 bits per heavy atom. The largest absolute Gasteiger partial charge is 0.480 e. The van der Waals surface area contributed by atoms with E-state index in [2.05, 4.69) is 15.0 Å². The number of aliphatic carboxylic acids is 4. The van der Waals surface area contributed by atoms with Gasteiger partial charge < -0.3 is 40.1 Å². The Morgan fingerprint density at radius 1 is 0.647 bits per heavy atom. The van der Waals surface area contributed by atoms with Gasteiger partial charge in [-0.1, -0.05) is 0 Å². The highest BCUT2D eigenvalue weighted by Gasteiger charge is 2.24. The van der Waals surface area contributed by atoms with Crippen LogP contribution in [0.2, 0.25) is 0 Å². The van der Waals surface area contributed by atoms with E-state index in [1.807, 2.05) is 0 Å². The number of anilines is 2. The van der Waals surface area contributed by atoms with Gasteiger partial charge in [0.2, 0.25) is 11.9 Å². The minimum absolute atomic E-state index is 0.0131. The first-order valence-corrected chi connectivity index (χ1v) is 9.09. The van der Waals surface area contributed by atoms with Crippen molar-refractivity contribution in [3.63, 3.8) is 0 Å². The molecule has 0 fully saturated rings. The van der Waals surface area contributed by atoms with E-state index in [0.717, 1.165) is 0 Å². The molecule has 2 rings (SSSR count). The normalized spacial score (nSPS) is 10.2. The van der Waals surface area contributed by atoms with Crippen molar-refractivity contribution in [3.05, 3.63) is 29.8 Å². The average molecular weight is 479 g/mol. The fourth-order valence-corrected chi connectivity index (χ4v) is 2.48. The summed E-state index contributed by atoms with van der Waals surface area (Å²) >= 11 is 0. The second-order valence-corrected chi connectivity index (χ2v) is 6.44. The quantitative estimate of drug-likeness (QED) is 0.239. The van der Waals surface area contributed by atoms with Crippen LogP contribution in [0.4, 0.5) is 11.9 Å². The molecule has 0 aliphatic carbocycles. The van der Waals surface area contributed by atoms with E-state index in [1.54, 1.807) is 0 Å². The molecular weight excluding hydrogens is 462 g/mol. The predicted octanol–water partition coefficient (Wildman–Crippen LogP) is -0.687.